The Labute approximate surface area is 143 Å². The summed E-state index contributed by atoms with van der Waals surface area (Å²) in [7, 11) is 0. The van der Waals surface area contributed by atoms with Gasteiger partial charge in [0.1, 0.15) is 13.2 Å². The molecule has 126 valence electrons. The van der Waals surface area contributed by atoms with Crippen LogP contribution in [0.5, 0.6) is 11.5 Å². The molecule has 0 saturated heterocycles. The second-order valence-electron chi connectivity index (χ2n) is 8.12. The van der Waals surface area contributed by atoms with E-state index in [2.05, 4.69) is 18.7 Å². The van der Waals surface area contributed by atoms with E-state index in [0.717, 1.165) is 22.4 Å². The highest BCUT2D eigenvalue weighted by Gasteiger charge is 2.39. The number of carbonyl (C=O) groups is 1. The highest BCUT2D eigenvalue weighted by molar-refractivity contribution is 6.08. The molecule has 2 aliphatic rings. The van der Waals surface area contributed by atoms with Crippen molar-refractivity contribution < 1.29 is 14.3 Å². The van der Waals surface area contributed by atoms with Gasteiger partial charge in [0.2, 0.25) is 5.70 Å². The van der Waals surface area contributed by atoms with Crippen molar-refractivity contribution in [3.63, 3.8) is 0 Å². The van der Waals surface area contributed by atoms with E-state index in [9.17, 15) is 4.79 Å². The third-order valence-corrected chi connectivity index (χ3v) is 4.65. The maximum absolute atomic E-state index is 12.8. The first-order valence-electron chi connectivity index (χ1n) is 8.25. The van der Waals surface area contributed by atoms with E-state index < -0.39 is 5.41 Å². The highest BCUT2D eigenvalue weighted by Crippen LogP contribution is 2.51. The topological polar surface area (TPSA) is 39.9 Å². The molecule has 0 spiro atoms. The number of benzene rings is 1. The molecule has 0 N–H and O–H groups in total. The first-order valence-corrected chi connectivity index (χ1v) is 8.25. The van der Waals surface area contributed by atoms with Gasteiger partial charge in [-0.05, 0) is 40.7 Å². The maximum atomic E-state index is 12.8. The number of ether oxygens (including phenoxy) is 2. The Morgan fingerprint density at radius 2 is 1.75 bits per heavy atom. The minimum atomic E-state index is -0.576. The van der Waals surface area contributed by atoms with Crippen molar-refractivity contribution in [3.8, 4) is 11.5 Å². The molecule has 0 amide bonds. The lowest BCUT2D eigenvalue weighted by Gasteiger charge is -2.23. The van der Waals surface area contributed by atoms with E-state index in [-0.39, 0.29) is 16.9 Å². The Hall–Kier alpha value is -2.28. The van der Waals surface area contributed by atoms with Crippen LogP contribution in [0.1, 0.15) is 52.2 Å². The van der Waals surface area contributed by atoms with Crippen LogP contribution >= 0.6 is 0 Å². The summed E-state index contributed by atoms with van der Waals surface area (Å²) >= 11 is 0. The Morgan fingerprint density at radius 1 is 1.17 bits per heavy atom. The van der Waals surface area contributed by atoms with Crippen molar-refractivity contribution in [1.29, 1.82) is 0 Å². The SMILES string of the molecule is [C-]#[N+]/C(C(=O)C(C)(C)C)=C1/CC(C)(C)c2cc3c(cc21)OCCO3. The smallest absolute Gasteiger partial charge is 0.233 e. The maximum Gasteiger partial charge on any atom is 0.233 e. The first-order chi connectivity index (χ1) is 11.1. The average Bonchev–Trinajstić information content (AvgIpc) is 2.76. The summed E-state index contributed by atoms with van der Waals surface area (Å²) in [5.41, 5.74) is 2.44. The fourth-order valence-electron chi connectivity index (χ4n) is 3.35. The molecule has 0 fully saturated rings. The number of ketones is 1. The predicted molar refractivity (Wildman–Crippen MR) is 93.1 cm³/mol. The van der Waals surface area contributed by atoms with Gasteiger partial charge in [-0.3, -0.25) is 0 Å². The Balaban J connectivity index is 2.23. The van der Waals surface area contributed by atoms with Crippen LogP contribution in [0.4, 0.5) is 0 Å². The van der Waals surface area contributed by atoms with Gasteiger partial charge < -0.3 is 14.3 Å². The van der Waals surface area contributed by atoms with Crippen molar-refractivity contribution in [3.05, 3.63) is 40.4 Å². The number of hydrogen-bond donors (Lipinski definition) is 0. The molecular formula is C20H23NO3. The molecule has 0 atom stereocenters. The van der Waals surface area contributed by atoms with Gasteiger partial charge >= 0.3 is 0 Å². The van der Waals surface area contributed by atoms with Crippen LogP contribution in [0.2, 0.25) is 0 Å². The summed E-state index contributed by atoms with van der Waals surface area (Å²) in [5, 5.41) is 0. The zero-order valence-electron chi connectivity index (χ0n) is 14.9. The van der Waals surface area contributed by atoms with Crippen molar-refractivity contribution in [2.45, 2.75) is 46.5 Å². The van der Waals surface area contributed by atoms with Crippen LogP contribution < -0.4 is 9.47 Å². The fraction of sp³-hybridized carbons (Fsp3) is 0.500. The number of carbonyl (C=O) groups excluding carboxylic acids is 1. The minimum absolute atomic E-state index is 0.106. The molecular weight excluding hydrogens is 302 g/mol. The quantitative estimate of drug-likeness (QED) is 0.568. The van der Waals surface area contributed by atoms with E-state index in [0.29, 0.717) is 25.4 Å². The van der Waals surface area contributed by atoms with Gasteiger partial charge in [-0.2, -0.15) is 0 Å². The molecule has 1 aliphatic heterocycles. The van der Waals surface area contributed by atoms with E-state index in [1.54, 1.807) is 0 Å². The number of Topliss-reactive ketones (excluding diaryl/α,β-unsaturated/α-hetero) is 1. The van der Waals surface area contributed by atoms with Gasteiger partial charge in [-0.1, -0.05) is 34.6 Å². The Morgan fingerprint density at radius 3 is 2.29 bits per heavy atom. The summed E-state index contributed by atoms with van der Waals surface area (Å²) in [6.07, 6.45) is 0.671. The summed E-state index contributed by atoms with van der Waals surface area (Å²) in [4.78, 5) is 16.4. The largest absolute Gasteiger partial charge is 0.486 e. The number of fused-ring (bicyclic) bond motifs is 2. The summed E-state index contributed by atoms with van der Waals surface area (Å²) in [6, 6.07) is 3.95. The summed E-state index contributed by atoms with van der Waals surface area (Å²) in [6.45, 7) is 18.5. The number of allylic oxidation sites excluding steroid dienone is 2. The van der Waals surface area contributed by atoms with Crippen LogP contribution in [0, 0.1) is 12.0 Å². The molecule has 4 nitrogen and oxygen atoms in total. The lowest BCUT2D eigenvalue weighted by atomic mass is 9.85. The van der Waals surface area contributed by atoms with Crippen LogP contribution in [0.25, 0.3) is 10.4 Å². The predicted octanol–water partition coefficient (Wildman–Crippen LogP) is 4.38. The van der Waals surface area contributed by atoms with Crippen molar-refractivity contribution in [2.24, 2.45) is 5.41 Å². The standard InChI is InChI=1S/C20H23NO3/c1-19(2,3)18(22)17(21-6)13-11-20(4,5)14-10-16-15(9-12(13)14)23-7-8-24-16/h9-10H,7-8,11H2,1-5H3/b17-13-. The third kappa shape index (κ3) is 2.58. The molecule has 0 radical (unpaired) electrons. The second kappa shape index (κ2) is 5.37. The van der Waals surface area contributed by atoms with Gasteiger partial charge in [0.15, 0.2) is 17.3 Å². The van der Waals surface area contributed by atoms with Crippen LogP contribution in [-0.4, -0.2) is 19.0 Å². The van der Waals surface area contributed by atoms with E-state index in [1.807, 2.05) is 32.9 Å². The summed E-state index contributed by atoms with van der Waals surface area (Å²) in [5.74, 6) is 1.34. The highest BCUT2D eigenvalue weighted by atomic mass is 16.6. The van der Waals surface area contributed by atoms with Crippen molar-refractivity contribution in [2.75, 3.05) is 13.2 Å². The monoisotopic (exact) mass is 325 g/mol. The molecule has 0 bridgehead atoms. The molecule has 1 aromatic rings. The van der Waals surface area contributed by atoms with Gasteiger partial charge in [0.05, 0.1) is 6.57 Å². The number of rotatable bonds is 1. The molecule has 0 unspecified atom stereocenters. The van der Waals surface area contributed by atoms with E-state index in [1.165, 1.54) is 0 Å². The van der Waals surface area contributed by atoms with Gasteiger partial charge in [-0.25, -0.2) is 4.85 Å². The fourth-order valence-corrected chi connectivity index (χ4v) is 3.35. The first kappa shape index (κ1) is 16.6. The summed E-state index contributed by atoms with van der Waals surface area (Å²) < 4.78 is 11.4. The molecule has 3 rings (SSSR count). The number of hydrogen-bond acceptors (Lipinski definition) is 3. The van der Waals surface area contributed by atoms with Gasteiger partial charge in [0.25, 0.3) is 0 Å². The molecule has 1 aliphatic carbocycles. The molecule has 1 aromatic carbocycles. The molecule has 4 heteroatoms. The van der Waals surface area contributed by atoms with Gasteiger partial charge in [0, 0.05) is 5.41 Å². The van der Waals surface area contributed by atoms with E-state index in [4.69, 9.17) is 16.0 Å². The minimum Gasteiger partial charge on any atom is -0.486 e. The van der Waals surface area contributed by atoms with E-state index >= 15 is 0 Å². The molecule has 0 saturated carbocycles. The Kier molecular flexibility index (Phi) is 3.71. The Bertz CT molecular complexity index is 788. The third-order valence-electron chi connectivity index (χ3n) is 4.65. The zero-order chi connectivity index (χ0) is 17.7. The van der Waals surface area contributed by atoms with Gasteiger partial charge in [-0.15, -0.1) is 0 Å². The molecule has 0 aromatic heterocycles. The lowest BCUT2D eigenvalue weighted by Crippen LogP contribution is -2.21. The molecule has 1 heterocycles. The van der Waals surface area contributed by atoms with Crippen molar-refractivity contribution >= 4 is 11.4 Å². The van der Waals surface area contributed by atoms with Crippen LogP contribution in [0.15, 0.2) is 17.8 Å². The molecule has 24 heavy (non-hydrogen) atoms. The van der Waals surface area contributed by atoms with Crippen molar-refractivity contribution in [1.82, 2.24) is 0 Å². The second-order valence-corrected chi connectivity index (χ2v) is 8.12. The normalized spacial score (nSPS) is 20.2. The number of nitrogens with zero attached hydrogens (tertiary/aromatic N) is 1. The van der Waals surface area contributed by atoms with Crippen LogP contribution in [-0.2, 0) is 10.2 Å². The average molecular weight is 325 g/mol. The lowest BCUT2D eigenvalue weighted by molar-refractivity contribution is -0.122. The zero-order valence-corrected chi connectivity index (χ0v) is 14.9. The van der Waals surface area contributed by atoms with Crippen LogP contribution in [0.3, 0.4) is 0 Å².